The highest BCUT2D eigenvalue weighted by Gasteiger charge is 2.29. The first-order valence-corrected chi connectivity index (χ1v) is 10.9. The fourth-order valence-electron chi connectivity index (χ4n) is 3.62. The van der Waals surface area contributed by atoms with Crippen LogP contribution >= 0.6 is 23.2 Å². The summed E-state index contributed by atoms with van der Waals surface area (Å²) in [5.74, 6) is -0.00991. The number of carbonyl (C=O) groups is 1. The van der Waals surface area contributed by atoms with Gasteiger partial charge in [0, 0.05) is 29.9 Å². The van der Waals surface area contributed by atoms with E-state index in [9.17, 15) is 10.1 Å². The molecule has 2 heterocycles. The average Bonchev–Trinajstić information content (AvgIpc) is 3.33. The van der Waals surface area contributed by atoms with Gasteiger partial charge < -0.3 is 10.2 Å². The number of benzene rings is 1. The molecule has 0 radical (unpaired) electrons. The molecule has 8 heteroatoms. The Morgan fingerprint density at radius 3 is 2.80 bits per heavy atom. The number of halogens is 2. The van der Waals surface area contributed by atoms with E-state index >= 15 is 0 Å². The van der Waals surface area contributed by atoms with Gasteiger partial charge in [0.05, 0.1) is 28.4 Å². The van der Waals surface area contributed by atoms with Gasteiger partial charge in [-0.2, -0.15) is 10.4 Å². The second-order valence-corrected chi connectivity index (χ2v) is 9.20. The summed E-state index contributed by atoms with van der Waals surface area (Å²) < 4.78 is 1.97. The van der Waals surface area contributed by atoms with Crippen molar-refractivity contribution in [1.29, 1.82) is 5.26 Å². The van der Waals surface area contributed by atoms with Gasteiger partial charge in [-0.15, -0.1) is 0 Å². The van der Waals surface area contributed by atoms with Crippen LogP contribution in [0.5, 0.6) is 0 Å². The van der Waals surface area contributed by atoms with Crippen molar-refractivity contribution >= 4 is 29.1 Å². The zero-order chi connectivity index (χ0) is 21.9. The van der Waals surface area contributed by atoms with Gasteiger partial charge in [0.25, 0.3) is 0 Å². The molecule has 30 heavy (non-hydrogen) atoms. The minimum absolute atomic E-state index is 0.00991. The summed E-state index contributed by atoms with van der Waals surface area (Å²) in [6, 6.07) is 9.46. The Labute approximate surface area is 187 Å². The van der Waals surface area contributed by atoms with Crippen LogP contribution < -0.4 is 5.32 Å². The highest BCUT2D eigenvalue weighted by atomic mass is 35.5. The molecule has 160 valence electrons. The van der Waals surface area contributed by atoms with E-state index < -0.39 is 0 Å². The molecule has 1 N–H and O–H groups in total. The highest BCUT2D eigenvalue weighted by Crippen LogP contribution is 2.28. The summed E-state index contributed by atoms with van der Waals surface area (Å²) >= 11 is 12.1. The van der Waals surface area contributed by atoms with E-state index in [1.807, 2.05) is 29.8 Å². The van der Waals surface area contributed by atoms with Crippen LogP contribution in [-0.2, 0) is 11.3 Å². The topological polar surface area (TPSA) is 74.0 Å². The molecule has 1 atom stereocenters. The molecule has 1 aromatic carbocycles. The lowest BCUT2D eigenvalue weighted by Gasteiger charge is -2.28. The zero-order valence-corrected chi connectivity index (χ0v) is 19.1. The van der Waals surface area contributed by atoms with Crippen molar-refractivity contribution in [3.8, 4) is 17.3 Å². The first kappa shape index (κ1) is 22.6. The van der Waals surface area contributed by atoms with Gasteiger partial charge >= 0.3 is 0 Å². The largest absolute Gasteiger partial charge is 0.326 e. The Bertz CT molecular complexity index is 963. The Hall–Kier alpha value is -2.07. The summed E-state index contributed by atoms with van der Waals surface area (Å²) in [4.78, 5) is 14.2. The van der Waals surface area contributed by atoms with Gasteiger partial charge in [-0.25, -0.2) is 0 Å². The summed E-state index contributed by atoms with van der Waals surface area (Å²) in [7, 11) is 0. The molecule has 1 aliphatic rings. The molecule has 6 nitrogen and oxygen atoms in total. The van der Waals surface area contributed by atoms with Gasteiger partial charge in [0.1, 0.15) is 6.04 Å². The van der Waals surface area contributed by atoms with Crippen LogP contribution in [-0.4, -0.2) is 45.3 Å². The zero-order valence-electron chi connectivity index (χ0n) is 17.6. The van der Waals surface area contributed by atoms with E-state index in [0.29, 0.717) is 23.1 Å². The number of carbonyl (C=O) groups excluding carboxylic acids is 1. The fourth-order valence-corrected chi connectivity index (χ4v) is 3.92. The van der Waals surface area contributed by atoms with Crippen molar-refractivity contribution in [2.75, 3.05) is 13.1 Å². The van der Waals surface area contributed by atoms with E-state index in [-0.39, 0.29) is 24.0 Å². The monoisotopic (exact) mass is 447 g/mol. The van der Waals surface area contributed by atoms with E-state index in [1.54, 1.807) is 11.0 Å². The molecule has 1 aromatic heterocycles. The summed E-state index contributed by atoms with van der Waals surface area (Å²) in [5.41, 5.74) is 2.58. The predicted octanol–water partition coefficient (Wildman–Crippen LogP) is 4.44. The van der Waals surface area contributed by atoms with Gasteiger partial charge in [-0.3, -0.25) is 9.48 Å². The van der Waals surface area contributed by atoms with Crippen molar-refractivity contribution < 1.29 is 4.79 Å². The van der Waals surface area contributed by atoms with Crippen LogP contribution in [0.3, 0.4) is 0 Å². The number of nitriles is 1. The first-order chi connectivity index (χ1) is 14.2. The van der Waals surface area contributed by atoms with Gasteiger partial charge in [0.2, 0.25) is 5.91 Å². The summed E-state index contributed by atoms with van der Waals surface area (Å²) in [5, 5.41) is 18.3. The Kier molecular flexibility index (Phi) is 7.07. The normalized spacial score (nSPS) is 16.7. The maximum absolute atomic E-state index is 12.5. The Morgan fingerprint density at radius 2 is 2.10 bits per heavy atom. The minimum atomic E-state index is -0.283. The van der Waals surface area contributed by atoms with Crippen LogP contribution in [0, 0.1) is 18.3 Å². The number of aryl methyl sites for hydroxylation is 2. The molecular formula is C22H27Cl2N5O. The van der Waals surface area contributed by atoms with E-state index in [0.717, 1.165) is 36.2 Å². The van der Waals surface area contributed by atoms with Crippen LogP contribution in [0.2, 0.25) is 10.0 Å². The number of hydrogen-bond donors (Lipinski definition) is 1. The number of likely N-dealkylation sites (tertiary alicyclic amines) is 1. The van der Waals surface area contributed by atoms with Crippen LogP contribution in [0.4, 0.5) is 0 Å². The second-order valence-electron chi connectivity index (χ2n) is 8.38. The standard InChI is InChI=1S/C22H27Cl2N5O/c1-15-11-20(16-6-7-18(23)19(24)12-16)27-29(15)10-8-22(2,3)26-14-21(30)28-9-4-5-17(28)13-25/h6-7,11-12,17,26H,4-5,8-10,14H2,1-3H3/t17-/m0/s1. The van der Waals surface area contributed by atoms with Crippen molar-refractivity contribution in [1.82, 2.24) is 20.0 Å². The van der Waals surface area contributed by atoms with Gasteiger partial charge in [-0.1, -0.05) is 29.3 Å². The number of hydrogen-bond acceptors (Lipinski definition) is 4. The van der Waals surface area contributed by atoms with Crippen LogP contribution in [0.1, 0.15) is 38.8 Å². The molecule has 0 aliphatic carbocycles. The van der Waals surface area contributed by atoms with E-state index in [1.165, 1.54) is 0 Å². The maximum atomic E-state index is 12.5. The number of nitrogens with one attached hydrogen (secondary N) is 1. The van der Waals surface area contributed by atoms with Crippen molar-refractivity contribution in [3.63, 3.8) is 0 Å². The Morgan fingerprint density at radius 1 is 1.33 bits per heavy atom. The lowest BCUT2D eigenvalue weighted by Crippen LogP contribution is -2.48. The predicted molar refractivity (Wildman–Crippen MR) is 119 cm³/mol. The minimum Gasteiger partial charge on any atom is -0.326 e. The molecule has 1 fully saturated rings. The second kappa shape index (κ2) is 9.38. The molecule has 1 saturated heterocycles. The van der Waals surface area contributed by atoms with E-state index in [2.05, 4.69) is 25.2 Å². The average molecular weight is 448 g/mol. The molecular weight excluding hydrogens is 421 g/mol. The molecule has 1 amide bonds. The molecule has 0 unspecified atom stereocenters. The highest BCUT2D eigenvalue weighted by molar-refractivity contribution is 6.42. The molecule has 0 spiro atoms. The maximum Gasteiger partial charge on any atom is 0.237 e. The summed E-state index contributed by atoms with van der Waals surface area (Å²) in [6.45, 7) is 7.79. The third-order valence-electron chi connectivity index (χ3n) is 5.59. The summed E-state index contributed by atoms with van der Waals surface area (Å²) in [6.07, 6.45) is 2.46. The van der Waals surface area contributed by atoms with E-state index in [4.69, 9.17) is 28.3 Å². The molecule has 0 bridgehead atoms. The number of nitrogens with zero attached hydrogens (tertiary/aromatic N) is 4. The quantitative estimate of drug-likeness (QED) is 0.680. The Balaban J connectivity index is 1.58. The third-order valence-corrected chi connectivity index (χ3v) is 6.32. The lowest BCUT2D eigenvalue weighted by molar-refractivity contribution is -0.130. The van der Waals surface area contributed by atoms with Crippen molar-refractivity contribution in [2.45, 2.75) is 58.2 Å². The van der Waals surface area contributed by atoms with Crippen LogP contribution in [0.15, 0.2) is 24.3 Å². The third kappa shape index (κ3) is 5.34. The smallest absolute Gasteiger partial charge is 0.237 e. The number of amides is 1. The lowest BCUT2D eigenvalue weighted by atomic mass is 10.0. The number of aromatic nitrogens is 2. The van der Waals surface area contributed by atoms with Gasteiger partial charge in [-0.05, 0) is 58.2 Å². The fraction of sp³-hybridized carbons (Fsp3) is 0.500. The number of rotatable bonds is 7. The van der Waals surface area contributed by atoms with Gasteiger partial charge in [0.15, 0.2) is 0 Å². The van der Waals surface area contributed by atoms with Crippen LogP contribution in [0.25, 0.3) is 11.3 Å². The first-order valence-electron chi connectivity index (χ1n) is 10.1. The molecule has 0 saturated carbocycles. The van der Waals surface area contributed by atoms with Crippen molar-refractivity contribution in [2.24, 2.45) is 0 Å². The SMILES string of the molecule is Cc1cc(-c2ccc(Cl)c(Cl)c2)nn1CCC(C)(C)NCC(=O)N1CCC[C@H]1C#N. The molecule has 2 aromatic rings. The molecule has 1 aliphatic heterocycles. The molecule has 3 rings (SSSR count). The van der Waals surface area contributed by atoms with Crippen molar-refractivity contribution in [3.05, 3.63) is 40.0 Å².